The van der Waals surface area contributed by atoms with Crippen LogP contribution in [0.3, 0.4) is 0 Å². The fraction of sp³-hybridized carbons (Fsp3) is 0.200. The third-order valence-corrected chi connectivity index (χ3v) is 3.24. The molecule has 1 amide bonds. The molecular weight excluding hydrogens is 302 g/mol. The quantitative estimate of drug-likeness (QED) is 0.386. The van der Waals surface area contributed by atoms with Gasteiger partial charge in [-0.25, -0.2) is 0 Å². The summed E-state index contributed by atoms with van der Waals surface area (Å²) >= 11 is 4.99. The van der Waals surface area contributed by atoms with Gasteiger partial charge >= 0.3 is 0 Å². The predicted octanol–water partition coefficient (Wildman–Crippen LogP) is 1.30. The molecule has 6 nitrogen and oxygen atoms in total. The zero-order valence-corrected chi connectivity index (χ0v) is 12.9. The van der Waals surface area contributed by atoms with Crippen LogP contribution in [0.1, 0.15) is 10.4 Å². The second kappa shape index (κ2) is 7.58. The average molecular weight is 319 g/mol. The number of phenolic OH excluding ortho intramolecular Hbond substituents is 1. The summed E-state index contributed by atoms with van der Waals surface area (Å²) in [7, 11) is 1.59. The number of nitrogens with one attached hydrogen (secondary N) is 3. The Balaban J connectivity index is 2.00. The van der Waals surface area contributed by atoms with E-state index in [2.05, 4.69) is 16.2 Å². The van der Waals surface area contributed by atoms with E-state index >= 15 is 0 Å². The highest BCUT2D eigenvalue weighted by Crippen LogP contribution is 2.24. The van der Waals surface area contributed by atoms with Gasteiger partial charge in [0.25, 0.3) is 5.91 Å². The monoisotopic (exact) mass is 319 g/mol. The van der Waals surface area contributed by atoms with Gasteiger partial charge < -0.3 is 15.2 Å². The number of methoxy groups -OCH3 is 1. The number of benzene rings is 2. The molecule has 0 bridgehead atoms. The van der Waals surface area contributed by atoms with Crippen LogP contribution in [-0.4, -0.2) is 36.4 Å². The molecule has 0 fully saturated rings. The first kappa shape index (κ1) is 16.0. The molecule has 2 rings (SSSR count). The van der Waals surface area contributed by atoms with Gasteiger partial charge in [0.15, 0.2) is 5.11 Å². The van der Waals surface area contributed by atoms with Crippen LogP contribution in [0, 0.1) is 0 Å². The Bertz CT molecular complexity index is 691. The van der Waals surface area contributed by atoms with Crippen LogP contribution in [0.25, 0.3) is 10.8 Å². The molecule has 0 aliphatic rings. The normalized spacial score (nSPS) is 10.2. The van der Waals surface area contributed by atoms with E-state index < -0.39 is 5.91 Å². The smallest absolute Gasteiger partial charge is 0.273 e. The number of hydrogen-bond acceptors (Lipinski definition) is 4. The minimum atomic E-state index is -0.473. The molecule has 0 radical (unpaired) electrons. The molecule has 0 aliphatic carbocycles. The second-order valence-electron chi connectivity index (χ2n) is 4.54. The van der Waals surface area contributed by atoms with Crippen molar-refractivity contribution in [1.82, 2.24) is 16.2 Å². The first-order valence-corrected chi connectivity index (χ1v) is 7.07. The minimum absolute atomic E-state index is 0.0868. The zero-order chi connectivity index (χ0) is 15.9. The molecule has 7 heteroatoms. The van der Waals surface area contributed by atoms with Crippen molar-refractivity contribution < 1.29 is 14.6 Å². The molecule has 116 valence electrons. The number of hydrogen-bond donors (Lipinski definition) is 4. The summed E-state index contributed by atoms with van der Waals surface area (Å²) in [4.78, 5) is 12.1. The van der Waals surface area contributed by atoms with Gasteiger partial charge in [-0.3, -0.25) is 15.6 Å². The molecule has 0 aliphatic heterocycles. The Labute approximate surface area is 133 Å². The van der Waals surface area contributed by atoms with E-state index in [1.807, 2.05) is 24.3 Å². The van der Waals surface area contributed by atoms with Crippen molar-refractivity contribution in [2.75, 3.05) is 20.3 Å². The van der Waals surface area contributed by atoms with Crippen molar-refractivity contribution in [2.45, 2.75) is 0 Å². The second-order valence-corrected chi connectivity index (χ2v) is 4.95. The number of phenols is 1. The number of hydrazine groups is 1. The molecular formula is C15H17N3O3S. The van der Waals surface area contributed by atoms with E-state index in [-0.39, 0.29) is 16.4 Å². The first-order valence-electron chi connectivity index (χ1n) is 6.66. The maximum atomic E-state index is 12.1. The molecule has 0 unspecified atom stereocenters. The number of fused-ring (bicyclic) bond motifs is 1. The molecule has 22 heavy (non-hydrogen) atoms. The fourth-order valence-electron chi connectivity index (χ4n) is 1.90. The van der Waals surface area contributed by atoms with Gasteiger partial charge in [-0.05, 0) is 35.1 Å². The fourth-order valence-corrected chi connectivity index (χ4v) is 2.05. The van der Waals surface area contributed by atoms with E-state index in [4.69, 9.17) is 17.0 Å². The summed E-state index contributed by atoms with van der Waals surface area (Å²) in [6, 6.07) is 10.7. The van der Waals surface area contributed by atoms with E-state index in [9.17, 15) is 9.90 Å². The molecule has 0 atom stereocenters. The van der Waals surface area contributed by atoms with Gasteiger partial charge in [-0.2, -0.15) is 0 Å². The molecule has 2 aromatic rings. The molecule has 2 aromatic carbocycles. The SMILES string of the molecule is COCCNC(=S)NNC(=O)c1cc2ccccc2cc1O. The summed E-state index contributed by atoms with van der Waals surface area (Å²) < 4.78 is 4.87. The van der Waals surface area contributed by atoms with Crippen LogP contribution in [0.2, 0.25) is 0 Å². The number of carbonyl (C=O) groups is 1. The Morgan fingerprint density at radius 1 is 1.23 bits per heavy atom. The molecule has 0 saturated carbocycles. The van der Waals surface area contributed by atoms with Crippen LogP contribution >= 0.6 is 12.2 Å². The maximum Gasteiger partial charge on any atom is 0.273 e. The average Bonchev–Trinajstić information content (AvgIpc) is 2.52. The Morgan fingerprint density at radius 3 is 2.59 bits per heavy atom. The Morgan fingerprint density at radius 2 is 1.91 bits per heavy atom. The van der Waals surface area contributed by atoms with Crippen molar-refractivity contribution in [1.29, 1.82) is 0 Å². The number of ether oxygens (including phenoxy) is 1. The summed E-state index contributed by atoms with van der Waals surface area (Å²) in [6.45, 7) is 1.03. The van der Waals surface area contributed by atoms with Crippen molar-refractivity contribution in [3.63, 3.8) is 0 Å². The van der Waals surface area contributed by atoms with Crippen LogP contribution < -0.4 is 16.2 Å². The van der Waals surface area contributed by atoms with Gasteiger partial charge in [0.1, 0.15) is 5.75 Å². The lowest BCUT2D eigenvalue weighted by Gasteiger charge is -2.12. The molecule has 0 aromatic heterocycles. The largest absolute Gasteiger partial charge is 0.507 e. The number of rotatable bonds is 4. The minimum Gasteiger partial charge on any atom is -0.507 e. The number of thiocarbonyl (C=S) groups is 1. The summed E-state index contributed by atoms with van der Waals surface area (Å²) in [5.74, 6) is -0.560. The van der Waals surface area contributed by atoms with Gasteiger partial charge in [-0.1, -0.05) is 24.3 Å². The Kier molecular flexibility index (Phi) is 5.51. The molecule has 0 spiro atoms. The highest BCUT2D eigenvalue weighted by Gasteiger charge is 2.12. The van der Waals surface area contributed by atoms with Crippen molar-refractivity contribution in [2.24, 2.45) is 0 Å². The third kappa shape index (κ3) is 4.06. The number of carbonyl (C=O) groups excluding carboxylic acids is 1. The van der Waals surface area contributed by atoms with Crippen LogP contribution in [0.4, 0.5) is 0 Å². The zero-order valence-electron chi connectivity index (χ0n) is 12.1. The molecule has 0 saturated heterocycles. The van der Waals surface area contributed by atoms with Crippen molar-refractivity contribution in [3.05, 3.63) is 42.0 Å². The summed E-state index contributed by atoms with van der Waals surface area (Å²) in [5, 5.41) is 14.8. The summed E-state index contributed by atoms with van der Waals surface area (Å²) in [5.41, 5.74) is 5.18. The van der Waals surface area contributed by atoms with Gasteiger partial charge in [0, 0.05) is 13.7 Å². The van der Waals surface area contributed by atoms with Crippen LogP contribution in [0.5, 0.6) is 5.75 Å². The number of aromatic hydroxyl groups is 1. The topological polar surface area (TPSA) is 82.6 Å². The highest BCUT2D eigenvalue weighted by atomic mass is 32.1. The molecule has 4 N–H and O–H groups in total. The van der Waals surface area contributed by atoms with Crippen LogP contribution in [-0.2, 0) is 4.74 Å². The van der Waals surface area contributed by atoms with Gasteiger partial charge in [0.2, 0.25) is 0 Å². The van der Waals surface area contributed by atoms with E-state index in [0.717, 1.165) is 10.8 Å². The standard InChI is InChI=1S/C15H17N3O3S/c1-21-7-6-16-15(22)18-17-14(20)12-8-10-4-2-3-5-11(10)9-13(12)19/h2-5,8-9,19H,6-7H2,1H3,(H,17,20)(H2,16,18,22). The van der Waals surface area contributed by atoms with Crippen molar-refractivity contribution >= 4 is 34.0 Å². The maximum absolute atomic E-state index is 12.1. The molecule has 0 heterocycles. The van der Waals surface area contributed by atoms with Crippen molar-refractivity contribution in [3.8, 4) is 5.75 Å². The predicted molar refractivity (Wildman–Crippen MR) is 88.7 cm³/mol. The van der Waals surface area contributed by atoms with E-state index in [1.165, 1.54) is 0 Å². The van der Waals surface area contributed by atoms with Gasteiger partial charge in [-0.15, -0.1) is 0 Å². The lowest BCUT2D eigenvalue weighted by molar-refractivity contribution is 0.0941. The first-order chi connectivity index (χ1) is 10.6. The third-order valence-electron chi connectivity index (χ3n) is 2.99. The van der Waals surface area contributed by atoms with E-state index in [1.54, 1.807) is 19.2 Å². The van der Waals surface area contributed by atoms with Gasteiger partial charge in [0.05, 0.1) is 12.2 Å². The van der Waals surface area contributed by atoms with E-state index in [0.29, 0.717) is 13.2 Å². The Hall–Kier alpha value is -2.38. The number of amides is 1. The summed E-state index contributed by atoms with van der Waals surface area (Å²) in [6.07, 6.45) is 0. The lowest BCUT2D eigenvalue weighted by Crippen LogP contribution is -2.47. The lowest BCUT2D eigenvalue weighted by atomic mass is 10.1. The highest BCUT2D eigenvalue weighted by molar-refractivity contribution is 7.80. The van der Waals surface area contributed by atoms with Crippen LogP contribution in [0.15, 0.2) is 36.4 Å².